The molecule has 0 radical (unpaired) electrons. The molecule has 2 amide bonds. The van der Waals surface area contributed by atoms with E-state index >= 15 is 0 Å². The second-order valence-electron chi connectivity index (χ2n) is 7.15. The molecular weight excluding hydrogens is 360 g/mol. The summed E-state index contributed by atoms with van der Waals surface area (Å²) in [6.45, 7) is 3.25. The maximum absolute atomic E-state index is 13.1. The van der Waals surface area contributed by atoms with Gasteiger partial charge in [0.1, 0.15) is 0 Å². The molecule has 0 aliphatic carbocycles. The summed E-state index contributed by atoms with van der Waals surface area (Å²) < 4.78 is 0. The number of para-hydroxylation sites is 2. The Morgan fingerprint density at radius 1 is 0.862 bits per heavy atom. The first-order valence-electron chi connectivity index (χ1n) is 10.1. The van der Waals surface area contributed by atoms with Gasteiger partial charge in [0.15, 0.2) is 0 Å². The van der Waals surface area contributed by atoms with Crippen molar-refractivity contribution in [1.29, 1.82) is 0 Å². The molecule has 29 heavy (non-hydrogen) atoms. The van der Waals surface area contributed by atoms with Crippen molar-refractivity contribution in [3.63, 3.8) is 0 Å². The van der Waals surface area contributed by atoms with Crippen LogP contribution in [0.3, 0.4) is 0 Å². The van der Waals surface area contributed by atoms with Crippen molar-refractivity contribution in [3.8, 4) is 0 Å². The predicted molar refractivity (Wildman–Crippen MR) is 117 cm³/mol. The Morgan fingerprint density at radius 2 is 1.52 bits per heavy atom. The van der Waals surface area contributed by atoms with Gasteiger partial charge in [-0.05, 0) is 67.8 Å². The van der Waals surface area contributed by atoms with E-state index in [0.717, 1.165) is 24.2 Å². The minimum Gasteiger partial charge on any atom is -0.309 e. The van der Waals surface area contributed by atoms with E-state index in [4.69, 9.17) is 0 Å². The SMILES string of the molecule is CCN(C(=O)c1ccc(C(=O)N2CCCc3ccccc32)cc1)c1ccccc1. The molecule has 146 valence electrons. The lowest BCUT2D eigenvalue weighted by Gasteiger charge is -2.29. The van der Waals surface area contributed by atoms with Gasteiger partial charge >= 0.3 is 0 Å². The molecule has 4 heteroatoms. The first-order chi connectivity index (χ1) is 14.2. The van der Waals surface area contributed by atoms with E-state index in [2.05, 4.69) is 6.07 Å². The van der Waals surface area contributed by atoms with Crippen molar-refractivity contribution in [2.75, 3.05) is 22.9 Å². The second-order valence-corrected chi connectivity index (χ2v) is 7.15. The third kappa shape index (κ3) is 3.79. The molecule has 0 saturated heterocycles. The van der Waals surface area contributed by atoms with E-state index < -0.39 is 0 Å². The topological polar surface area (TPSA) is 40.6 Å². The lowest BCUT2D eigenvalue weighted by atomic mass is 10.0. The maximum Gasteiger partial charge on any atom is 0.258 e. The molecule has 3 aromatic rings. The van der Waals surface area contributed by atoms with E-state index in [1.54, 1.807) is 29.2 Å². The van der Waals surface area contributed by atoms with Crippen LogP contribution in [-0.4, -0.2) is 24.9 Å². The van der Waals surface area contributed by atoms with Crippen molar-refractivity contribution < 1.29 is 9.59 Å². The van der Waals surface area contributed by atoms with Crippen LogP contribution >= 0.6 is 0 Å². The van der Waals surface area contributed by atoms with Crippen LogP contribution in [0.25, 0.3) is 0 Å². The van der Waals surface area contributed by atoms with Crippen LogP contribution in [0.1, 0.15) is 39.6 Å². The van der Waals surface area contributed by atoms with Crippen molar-refractivity contribution in [2.24, 2.45) is 0 Å². The number of amides is 2. The minimum absolute atomic E-state index is 0.0217. The maximum atomic E-state index is 13.1. The Labute approximate surface area is 171 Å². The fraction of sp³-hybridized carbons (Fsp3) is 0.200. The molecule has 0 unspecified atom stereocenters. The zero-order chi connectivity index (χ0) is 20.2. The number of hydrogen-bond acceptors (Lipinski definition) is 2. The van der Waals surface area contributed by atoms with Gasteiger partial charge in [0.2, 0.25) is 0 Å². The van der Waals surface area contributed by atoms with E-state index in [0.29, 0.717) is 24.2 Å². The highest BCUT2D eigenvalue weighted by Gasteiger charge is 2.24. The monoisotopic (exact) mass is 384 g/mol. The first kappa shape index (κ1) is 18.9. The Morgan fingerprint density at radius 3 is 2.24 bits per heavy atom. The van der Waals surface area contributed by atoms with E-state index in [1.165, 1.54) is 5.56 Å². The number of nitrogens with zero attached hydrogens (tertiary/aromatic N) is 2. The van der Waals surface area contributed by atoms with Gasteiger partial charge in [-0.3, -0.25) is 9.59 Å². The number of hydrogen-bond donors (Lipinski definition) is 0. The third-order valence-electron chi connectivity index (χ3n) is 5.36. The largest absolute Gasteiger partial charge is 0.309 e. The van der Waals surface area contributed by atoms with Gasteiger partial charge in [-0.25, -0.2) is 0 Å². The zero-order valence-corrected chi connectivity index (χ0v) is 16.5. The minimum atomic E-state index is -0.0685. The molecule has 1 aliphatic heterocycles. The quantitative estimate of drug-likeness (QED) is 0.639. The average molecular weight is 384 g/mol. The van der Waals surface area contributed by atoms with Crippen LogP contribution in [0.4, 0.5) is 11.4 Å². The Kier molecular flexibility index (Phi) is 5.43. The fourth-order valence-corrected chi connectivity index (χ4v) is 3.86. The van der Waals surface area contributed by atoms with Crippen LogP contribution in [0.2, 0.25) is 0 Å². The van der Waals surface area contributed by atoms with Gasteiger partial charge in [0, 0.05) is 35.6 Å². The summed E-state index contributed by atoms with van der Waals surface area (Å²) in [5, 5.41) is 0. The summed E-state index contributed by atoms with van der Waals surface area (Å²) >= 11 is 0. The van der Waals surface area contributed by atoms with Gasteiger partial charge in [-0.2, -0.15) is 0 Å². The highest BCUT2D eigenvalue weighted by atomic mass is 16.2. The molecule has 0 spiro atoms. The number of anilines is 2. The van der Waals surface area contributed by atoms with Gasteiger partial charge in [0.25, 0.3) is 11.8 Å². The van der Waals surface area contributed by atoms with Gasteiger partial charge in [0.05, 0.1) is 0 Å². The van der Waals surface area contributed by atoms with Crippen molar-refractivity contribution in [2.45, 2.75) is 19.8 Å². The summed E-state index contributed by atoms with van der Waals surface area (Å²) in [4.78, 5) is 29.6. The number of rotatable bonds is 4. The molecule has 4 nitrogen and oxygen atoms in total. The molecule has 0 atom stereocenters. The van der Waals surface area contributed by atoms with Gasteiger partial charge in [-0.1, -0.05) is 36.4 Å². The standard InChI is InChI=1S/C25H24N2O2/c1-2-26(22-11-4-3-5-12-22)24(28)20-14-16-21(17-15-20)25(29)27-18-8-10-19-9-6-7-13-23(19)27/h3-7,9,11-17H,2,8,10,18H2,1H3. The lowest BCUT2D eigenvalue weighted by Crippen LogP contribution is -2.35. The molecule has 4 rings (SSSR count). The van der Waals surface area contributed by atoms with Crippen LogP contribution in [0, 0.1) is 0 Å². The molecule has 1 aliphatic rings. The van der Waals surface area contributed by atoms with Crippen LogP contribution in [0.5, 0.6) is 0 Å². The number of fused-ring (bicyclic) bond motifs is 1. The average Bonchev–Trinajstić information content (AvgIpc) is 2.79. The number of carbonyl (C=O) groups is 2. The molecule has 0 saturated carbocycles. The molecule has 0 bridgehead atoms. The zero-order valence-electron chi connectivity index (χ0n) is 16.5. The molecule has 1 heterocycles. The second kappa shape index (κ2) is 8.31. The van der Waals surface area contributed by atoms with E-state index in [-0.39, 0.29) is 11.8 Å². The normalized spacial score (nSPS) is 12.9. The fourth-order valence-electron chi connectivity index (χ4n) is 3.86. The van der Waals surface area contributed by atoms with Crippen LogP contribution in [0.15, 0.2) is 78.9 Å². The van der Waals surface area contributed by atoms with Crippen molar-refractivity contribution in [1.82, 2.24) is 0 Å². The highest BCUT2D eigenvalue weighted by Crippen LogP contribution is 2.28. The molecule has 0 fully saturated rings. The molecular formula is C25H24N2O2. The highest BCUT2D eigenvalue weighted by molar-refractivity contribution is 6.09. The van der Waals surface area contributed by atoms with E-state index in [9.17, 15) is 9.59 Å². The number of aryl methyl sites for hydroxylation is 1. The third-order valence-corrected chi connectivity index (χ3v) is 5.36. The smallest absolute Gasteiger partial charge is 0.258 e. The van der Waals surface area contributed by atoms with Crippen molar-refractivity contribution >= 4 is 23.2 Å². The summed E-state index contributed by atoms with van der Waals surface area (Å²) in [6, 6.07) is 24.7. The summed E-state index contributed by atoms with van der Waals surface area (Å²) in [6.07, 6.45) is 1.96. The predicted octanol–water partition coefficient (Wildman–Crippen LogP) is 4.95. The summed E-state index contributed by atoms with van der Waals surface area (Å²) in [7, 11) is 0. The molecule has 0 N–H and O–H groups in total. The van der Waals surface area contributed by atoms with E-state index in [1.807, 2.05) is 60.4 Å². The van der Waals surface area contributed by atoms with Crippen LogP contribution < -0.4 is 9.80 Å². The summed E-state index contributed by atoms with van der Waals surface area (Å²) in [5.41, 5.74) is 4.24. The summed E-state index contributed by atoms with van der Waals surface area (Å²) in [5.74, 6) is -0.0902. The molecule has 0 aromatic heterocycles. The van der Waals surface area contributed by atoms with Gasteiger partial charge < -0.3 is 9.80 Å². The Hall–Kier alpha value is -3.40. The Bertz CT molecular complexity index is 1010. The number of carbonyl (C=O) groups excluding carboxylic acids is 2. The Balaban J connectivity index is 1.55. The van der Waals surface area contributed by atoms with Gasteiger partial charge in [-0.15, -0.1) is 0 Å². The van der Waals surface area contributed by atoms with Crippen LogP contribution in [-0.2, 0) is 6.42 Å². The number of benzene rings is 3. The molecule has 3 aromatic carbocycles. The lowest BCUT2D eigenvalue weighted by molar-refractivity contribution is 0.0975. The first-order valence-corrected chi connectivity index (χ1v) is 10.1. The van der Waals surface area contributed by atoms with Crippen molar-refractivity contribution in [3.05, 3.63) is 95.6 Å².